The summed E-state index contributed by atoms with van der Waals surface area (Å²) in [6.45, 7) is 4.00. The number of hydrogen-bond donors (Lipinski definition) is 2. The molecule has 1 aliphatic carbocycles. The van der Waals surface area contributed by atoms with Crippen molar-refractivity contribution in [2.75, 3.05) is 0 Å². The lowest BCUT2D eigenvalue weighted by Crippen LogP contribution is -2.37. The Morgan fingerprint density at radius 2 is 1.89 bits per heavy atom. The monoisotopic (exact) mass is 249 g/mol. The van der Waals surface area contributed by atoms with Crippen molar-refractivity contribution in [2.24, 2.45) is 5.73 Å². The Kier molecular flexibility index (Phi) is 3.93. The predicted molar refractivity (Wildman–Crippen MR) is 72.5 cm³/mol. The summed E-state index contributed by atoms with van der Waals surface area (Å²) < 4.78 is 5.80. The first-order valence-corrected chi connectivity index (χ1v) is 6.75. The molecule has 0 bridgehead atoms. The average Bonchev–Trinajstić information content (AvgIpc) is 2.33. The van der Waals surface area contributed by atoms with E-state index in [-0.39, 0.29) is 12.1 Å². The zero-order valence-corrected chi connectivity index (χ0v) is 11.2. The number of rotatable bonds is 3. The molecular weight excluding hydrogens is 226 g/mol. The zero-order valence-electron chi connectivity index (χ0n) is 11.2. The first kappa shape index (κ1) is 13.4. The lowest BCUT2D eigenvalue weighted by Gasteiger charge is -2.36. The molecule has 18 heavy (non-hydrogen) atoms. The maximum atomic E-state index is 10.8. The van der Waals surface area contributed by atoms with Crippen LogP contribution in [0.4, 0.5) is 0 Å². The molecule has 1 aliphatic rings. The van der Waals surface area contributed by atoms with Gasteiger partial charge in [0, 0.05) is 11.6 Å². The van der Waals surface area contributed by atoms with Crippen LogP contribution in [0.5, 0.6) is 5.75 Å². The lowest BCUT2D eigenvalue weighted by atomic mass is 9.77. The third-order valence-electron chi connectivity index (χ3n) is 3.61. The summed E-state index contributed by atoms with van der Waals surface area (Å²) in [4.78, 5) is 0. The zero-order chi connectivity index (χ0) is 13.2. The van der Waals surface area contributed by atoms with Gasteiger partial charge in [-0.25, -0.2) is 0 Å². The van der Waals surface area contributed by atoms with Gasteiger partial charge < -0.3 is 15.6 Å². The van der Waals surface area contributed by atoms with Crippen LogP contribution >= 0.6 is 0 Å². The van der Waals surface area contributed by atoms with Gasteiger partial charge >= 0.3 is 0 Å². The summed E-state index contributed by atoms with van der Waals surface area (Å²) >= 11 is 0. The van der Waals surface area contributed by atoms with E-state index in [0.717, 1.165) is 24.2 Å². The fourth-order valence-corrected chi connectivity index (χ4v) is 2.59. The Morgan fingerprint density at radius 3 is 2.50 bits per heavy atom. The Hall–Kier alpha value is -1.06. The van der Waals surface area contributed by atoms with Gasteiger partial charge in [0.05, 0.1) is 11.7 Å². The van der Waals surface area contributed by atoms with Crippen LogP contribution in [0.2, 0.25) is 0 Å². The topological polar surface area (TPSA) is 55.5 Å². The molecule has 3 N–H and O–H groups in total. The largest absolute Gasteiger partial charge is 0.491 e. The molecule has 1 aromatic carbocycles. The van der Waals surface area contributed by atoms with Crippen molar-refractivity contribution in [1.82, 2.24) is 0 Å². The molecule has 0 spiro atoms. The Morgan fingerprint density at radius 1 is 1.28 bits per heavy atom. The molecule has 0 aromatic heterocycles. The van der Waals surface area contributed by atoms with E-state index in [1.165, 1.54) is 0 Å². The van der Waals surface area contributed by atoms with Crippen LogP contribution in [0.25, 0.3) is 0 Å². The molecule has 0 amide bonds. The highest BCUT2D eigenvalue weighted by Crippen LogP contribution is 2.40. The summed E-state index contributed by atoms with van der Waals surface area (Å²) in [6.07, 6.45) is 3.28. The van der Waals surface area contributed by atoms with E-state index in [9.17, 15) is 5.11 Å². The van der Waals surface area contributed by atoms with E-state index in [1.54, 1.807) is 0 Å². The smallest absolute Gasteiger partial charge is 0.125 e. The van der Waals surface area contributed by atoms with Gasteiger partial charge in [0.25, 0.3) is 0 Å². The van der Waals surface area contributed by atoms with Crippen LogP contribution < -0.4 is 10.5 Å². The third kappa shape index (κ3) is 2.85. The van der Waals surface area contributed by atoms with Crippen molar-refractivity contribution in [3.63, 3.8) is 0 Å². The van der Waals surface area contributed by atoms with E-state index in [2.05, 4.69) is 0 Å². The summed E-state index contributed by atoms with van der Waals surface area (Å²) in [5.74, 6) is 0.797. The summed E-state index contributed by atoms with van der Waals surface area (Å²) in [5, 5.41) is 10.8. The molecule has 0 heterocycles. The predicted octanol–water partition coefficient (Wildman–Crippen LogP) is 2.56. The fraction of sp³-hybridized carbons (Fsp3) is 0.600. The molecule has 1 aromatic rings. The first-order chi connectivity index (χ1) is 8.51. The second-order valence-electron chi connectivity index (χ2n) is 5.53. The van der Waals surface area contributed by atoms with Crippen molar-refractivity contribution in [2.45, 2.75) is 57.3 Å². The lowest BCUT2D eigenvalue weighted by molar-refractivity contribution is -0.00789. The maximum Gasteiger partial charge on any atom is 0.125 e. The van der Waals surface area contributed by atoms with Gasteiger partial charge in [-0.3, -0.25) is 0 Å². The Balaban J connectivity index is 2.26. The molecular formula is C15H23NO2. The highest BCUT2D eigenvalue weighted by molar-refractivity contribution is 5.38. The van der Waals surface area contributed by atoms with Gasteiger partial charge in [-0.2, -0.15) is 0 Å². The fourth-order valence-electron chi connectivity index (χ4n) is 2.59. The second-order valence-corrected chi connectivity index (χ2v) is 5.53. The van der Waals surface area contributed by atoms with E-state index < -0.39 is 5.60 Å². The van der Waals surface area contributed by atoms with Crippen LogP contribution in [-0.2, 0) is 5.60 Å². The molecule has 0 atom stereocenters. The van der Waals surface area contributed by atoms with Gasteiger partial charge in [-0.05, 0) is 45.6 Å². The van der Waals surface area contributed by atoms with Gasteiger partial charge in [0.2, 0.25) is 0 Å². The standard InChI is InChI=1S/C15H23NO2/c1-11(2)18-14-6-4-3-5-13(14)15(17)9-7-12(16)8-10-15/h3-6,11-12,17H,7-10,16H2,1-2H3. The van der Waals surface area contributed by atoms with Crippen LogP contribution in [-0.4, -0.2) is 17.3 Å². The molecule has 0 aliphatic heterocycles. The van der Waals surface area contributed by atoms with Crippen LogP contribution in [0, 0.1) is 0 Å². The minimum absolute atomic E-state index is 0.112. The molecule has 0 saturated heterocycles. The van der Waals surface area contributed by atoms with E-state index in [0.29, 0.717) is 12.8 Å². The molecule has 0 radical (unpaired) electrons. The van der Waals surface area contributed by atoms with Crippen molar-refractivity contribution < 1.29 is 9.84 Å². The normalized spacial score (nSPS) is 28.4. The van der Waals surface area contributed by atoms with Crippen molar-refractivity contribution >= 4 is 0 Å². The number of para-hydroxylation sites is 1. The summed E-state index contributed by atoms with van der Waals surface area (Å²) in [5.41, 5.74) is 6.04. The van der Waals surface area contributed by atoms with Crippen molar-refractivity contribution in [3.05, 3.63) is 29.8 Å². The van der Waals surface area contributed by atoms with E-state index in [4.69, 9.17) is 10.5 Å². The minimum atomic E-state index is -0.776. The molecule has 1 fully saturated rings. The first-order valence-electron chi connectivity index (χ1n) is 6.75. The molecule has 0 unspecified atom stereocenters. The van der Waals surface area contributed by atoms with Crippen LogP contribution in [0.15, 0.2) is 24.3 Å². The van der Waals surface area contributed by atoms with Crippen LogP contribution in [0.3, 0.4) is 0 Å². The molecule has 3 nitrogen and oxygen atoms in total. The number of hydrogen-bond acceptors (Lipinski definition) is 3. The summed E-state index contributed by atoms with van der Waals surface area (Å²) in [7, 11) is 0. The van der Waals surface area contributed by atoms with Crippen molar-refractivity contribution in [3.8, 4) is 5.75 Å². The molecule has 2 rings (SSSR count). The highest BCUT2D eigenvalue weighted by Gasteiger charge is 2.35. The molecule has 1 saturated carbocycles. The van der Waals surface area contributed by atoms with Crippen LogP contribution in [0.1, 0.15) is 45.1 Å². The Labute approximate surface area is 109 Å². The molecule has 100 valence electrons. The maximum absolute atomic E-state index is 10.8. The van der Waals surface area contributed by atoms with E-state index >= 15 is 0 Å². The van der Waals surface area contributed by atoms with Gasteiger partial charge in [0.15, 0.2) is 0 Å². The quantitative estimate of drug-likeness (QED) is 0.865. The number of benzene rings is 1. The highest BCUT2D eigenvalue weighted by atomic mass is 16.5. The van der Waals surface area contributed by atoms with Gasteiger partial charge in [-0.1, -0.05) is 18.2 Å². The van der Waals surface area contributed by atoms with Gasteiger partial charge in [-0.15, -0.1) is 0 Å². The van der Waals surface area contributed by atoms with Gasteiger partial charge in [0.1, 0.15) is 5.75 Å². The number of ether oxygens (including phenoxy) is 1. The average molecular weight is 249 g/mol. The number of aliphatic hydroxyl groups is 1. The minimum Gasteiger partial charge on any atom is -0.491 e. The molecule has 3 heteroatoms. The third-order valence-corrected chi connectivity index (χ3v) is 3.61. The SMILES string of the molecule is CC(C)Oc1ccccc1C1(O)CCC(N)CC1. The van der Waals surface area contributed by atoms with E-state index in [1.807, 2.05) is 38.1 Å². The Bertz CT molecular complexity index is 395. The van der Waals surface area contributed by atoms with Crippen molar-refractivity contribution in [1.29, 1.82) is 0 Å². The number of nitrogens with two attached hydrogens (primary N) is 1. The second kappa shape index (κ2) is 5.29. The summed E-state index contributed by atoms with van der Waals surface area (Å²) in [6, 6.07) is 8.02.